The molecule has 1 fully saturated rings. The Labute approximate surface area is 116 Å². The van der Waals surface area contributed by atoms with Crippen molar-refractivity contribution in [1.82, 2.24) is 0 Å². The number of alkyl halides is 3. The Hall–Kier alpha value is -0.610. The number of aryl methyl sites for hydroxylation is 1. The molecule has 1 saturated carbocycles. The molecule has 0 aromatic heterocycles. The smallest absolute Gasteiger partial charge is 0.160 e. The first-order valence-electron chi connectivity index (χ1n) is 6.32. The van der Waals surface area contributed by atoms with E-state index in [9.17, 15) is 13.2 Å². The first-order chi connectivity index (χ1) is 8.89. The van der Waals surface area contributed by atoms with Gasteiger partial charge in [0.1, 0.15) is 0 Å². The van der Waals surface area contributed by atoms with E-state index in [1.807, 2.05) is 13.0 Å². The Bertz CT molecular complexity index is 560. The van der Waals surface area contributed by atoms with Crippen molar-refractivity contribution >= 4 is 26.0 Å². The first kappa shape index (κ1) is 13.4. The molecule has 1 atom stereocenters. The van der Waals surface area contributed by atoms with E-state index in [0.29, 0.717) is 15.4 Å². The van der Waals surface area contributed by atoms with Crippen LogP contribution in [0.2, 0.25) is 0 Å². The molecule has 0 amide bonds. The summed E-state index contributed by atoms with van der Waals surface area (Å²) in [7, 11) is 2.84. The highest BCUT2D eigenvalue weighted by atomic mass is 35.7. The fourth-order valence-electron chi connectivity index (χ4n) is 2.63. The molecule has 5 heteroatoms. The average Bonchev–Trinajstić information content (AvgIpc) is 3.13. The molecule has 1 aliphatic heterocycles. The second-order valence-corrected chi connectivity index (χ2v) is 8.83. The van der Waals surface area contributed by atoms with Crippen molar-refractivity contribution < 1.29 is 13.2 Å². The van der Waals surface area contributed by atoms with Crippen LogP contribution in [-0.4, -0.2) is 5.51 Å². The Balaban J connectivity index is 2.23. The predicted molar refractivity (Wildman–Crippen MR) is 74.3 cm³/mol. The van der Waals surface area contributed by atoms with Gasteiger partial charge in [-0.2, -0.15) is 13.2 Å². The number of hydrogen-bond donors (Lipinski definition) is 0. The van der Waals surface area contributed by atoms with Crippen LogP contribution in [0.3, 0.4) is 0 Å². The van der Waals surface area contributed by atoms with Crippen LogP contribution in [0, 0.1) is 5.92 Å². The minimum absolute atomic E-state index is 0.0335. The summed E-state index contributed by atoms with van der Waals surface area (Å²) in [6, 6.07) is 5.13. The zero-order valence-corrected chi connectivity index (χ0v) is 12.0. The summed E-state index contributed by atoms with van der Waals surface area (Å²) in [4.78, 5) is 0.723. The molecule has 0 N–H and O–H groups in total. The van der Waals surface area contributed by atoms with Crippen molar-refractivity contribution in [3.8, 4) is 0 Å². The van der Waals surface area contributed by atoms with Gasteiger partial charge in [-0.1, -0.05) is 19.1 Å². The number of rotatable bonds is 2. The van der Waals surface area contributed by atoms with E-state index in [4.69, 9.17) is 10.7 Å². The lowest BCUT2D eigenvalue weighted by Gasteiger charge is -2.34. The van der Waals surface area contributed by atoms with Crippen LogP contribution in [0.1, 0.15) is 30.9 Å². The van der Waals surface area contributed by atoms with E-state index in [0.717, 1.165) is 24.8 Å². The molecule has 3 rings (SSSR count). The van der Waals surface area contributed by atoms with Gasteiger partial charge in [-0.15, -0.1) is 0 Å². The van der Waals surface area contributed by atoms with Crippen molar-refractivity contribution in [2.24, 2.45) is 5.92 Å². The number of benzene rings is 1. The van der Waals surface area contributed by atoms with Gasteiger partial charge in [0.15, 0.2) is 0 Å². The third-order valence-corrected chi connectivity index (χ3v) is 8.01. The molecular weight excluding hydrogens is 293 g/mol. The van der Waals surface area contributed by atoms with Gasteiger partial charge in [-0.05, 0) is 73.3 Å². The lowest BCUT2D eigenvalue weighted by atomic mass is 10.0. The molecule has 0 bridgehead atoms. The van der Waals surface area contributed by atoms with Crippen LogP contribution >= 0.6 is 19.9 Å². The molecular formula is C14H14ClF3S. The highest BCUT2D eigenvalue weighted by molar-refractivity contribution is 8.54. The third-order valence-electron chi connectivity index (χ3n) is 3.75. The molecule has 1 aromatic carbocycles. The third kappa shape index (κ3) is 1.83. The largest absolute Gasteiger partial charge is 0.445 e. The summed E-state index contributed by atoms with van der Waals surface area (Å²) in [5.41, 5.74) is -2.70. The molecule has 1 unspecified atom stereocenters. The molecule has 2 aliphatic rings. The molecule has 0 nitrogen and oxygen atoms in total. The maximum atomic E-state index is 13.6. The van der Waals surface area contributed by atoms with Crippen molar-refractivity contribution in [2.75, 3.05) is 0 Å². The van der Waals surface area contributed by atoms with Gasteiger partial charge in [0.2, 0.25) is 0 Å². The summed E-state index contributed by atoms with van der Waals surface area (Å²) in [6.45, 7) is 1.96. The maximum absolute atomic E-state index is 13.6. The lowest BCUT2D eigenvalue weighted by molar-refractivity contribution is -0.0360. The second kappa shape index (κ2) is 4.19. The number of allylic oxidation sites excluding steroid dienone is 1. The Morgan fingerprint density at radius 1 is 1.32 bits per heavy atom. The fraction of sp³-hybridized carbons (Fsp3) is 0.429. The van der Waals surface area contributed by atoms with E-state index in [2.05, 4.69) is 0 Å². The predicted octanol–water partition coefficient (Wildman–Crippen LogP) is 5.85. The molecule has 1 aromatic rings. The van der Waals surface area contributed by atoms with Gasteiger partial charge in [0.25, 0.3) is 0 Å². The van der Waals surface area contributed by atoms with Crippen molar-refractivity contribution in [1.29, 1.82) is 0 Å². The van der Waals surface area contributed by atoms with Gasteiger partial charge in [0, 0.05) is 4.90 Å². The minimum atomic E-state index is -4.37. The van der Waals surface area contributed by atoms with Gasteiger partial charge >= 0.3 is 5.51 Å². The van der Waals surface area contributed by atoms with Crippen molar-refractivity contribution in [3.05, 3.63) is 34.2 Å². The van der Waals surface area contributed by atoms with Crippen LogP contribution in [0.25, 0.3) is 6.08 Å². The molecule has 1 aliphatic carbocycles. The Morgan fingerprint density at radius 3 is 2.53 bits per heavy atom. The first-order valence-corrected chi connectivity index (χ1v) is 8.78. The molecule has 19 heavy (non-hydrogen) atoms. The van der Waals surface area contributed by atoms with E-state index >= 15 is 0 Å². The van der Waals surface area contributed by atoms with Gasteiger partial charge in [-0.3, -0.25) is 0 Å². The maximum Gasteiger partial charge on any atom is 0.445 e. The van der Waals surface area contributed by atoms with Gasteiger partial charge < -0.3 is 0 Å². The highest BCUT2D eigenvalue weighted by Gasteiger charge is 2.58. The quantitative estimate of drug-likeness (QED) is 0.643. The Kier molecular flexibility index (Phi) is 2.95. The molecule has 0 radical (unpaired) electrons. The number of halogens is 4. The van der Waals surface area contributed by atoms with Crippen LogP contribution in [0.4, 0.5) is 13.2 Å². The van der Waals surface area contributed by atoms with E-state index in [1.54, 1.807) is 18.2 Å². The topological polar surface area (TPSA) is 0 Å². The Morgan fingerprint density at radius 2 is 2.00 bits per heavy atom. The van der Waals surface area contributed by atoms with Gasteiger partial charge in [-0.25, -0.2) is 0 Å². The zero-order valence-electron chi connectivity index (χ0n) is 10.4. The summed E-state index contributed by atoms with van der Waals surface area (Å²) in [5.74, 6) is 0.0335. The lowest BCUT2D eigenvalue weighted by Crippen LogP contribution is -2.17. The zero-order chi connectivity index (χ0) is 13.8. The number of fused-ring (bicyclic) bond motifs is 1. The molecule has 104 valence electrons. The van der Waals surface area contributed by atoms with Crippen LogP contribution in [-0.2, 0) is 6.42 Å². The van der Waals surface area contributed by atoms with E-state index in [-0.39, 0.29) is 5.92 Å². The average molecular weight is 307 g/mol. The minimum Gasteiger partial charge on any atom is -0.160 e. The van der Waals surface area contributed by atoms with Crippen LogP contribution in [0.5, 0.6) is 0 Å². The summed E-state index contributed by atoms with van der Waals surface area (Å²) >= 11 is 0. The standard InChI is InChI=1S/C14H14ClF3S/c1-2-9-4-3-5-12-11(9)8-13(10-6-7-10)19(12,15)14(16,17)18/h3-5,8,10H,2,6-7H2,1H3. The number of hydrogen-bond acceptors (Lipinski definition) is 0. The second-order valence-electron chi connectivity index (χ2n) is 4.99. The van der Waals surface area contributed by atoms with Crippen LogP contribution < -0.4 is 0 Å². The van der Waals surface area contributed by atoms with Crippen LogP contribution in [0.15, 0.2) is 28.0 Å². The summed E-state index contributed by atoms with van der Waals surface area (Å²) in [6.07, 6.45) is 4.11. The molecule has 0 saturated heterocycles. The molecule has 0 spiro atoms. The summed E-state index contributed by atoms with van der Waals surface area (Å²) < 4.78 is 40.7. The van der Waals surface area contributed by atoms with Gasteiger partial charge in [0.05, 0.1) is 0 Å². The van der Waals surface area contributed by atoms with Crippen molar-refractivity contribution in [3.63, 3.8) is 0 Å². The normalized spacial score (nSPS) is 29.6. The summed E-state index contributed by atoms with van der Waals surface area (Å²) in [5, 5.41) is 0. The van der Waals surface area contributed by atoms with E-state index in [1.165, 1.54) is 0 Å². The fourth-order valence-corrected chi connectivity index (χ4v) is 6.05. The monoisotopic (exact) mass is 306 g/mol. The van der Waals surface area contributed by atoms with Crippen molar-refractivity contribution in [2.45, 2.75) is 36.6 Å². The highest BCUT2D eigenvalue weighted by Crippen LogP contribution is 2.82. The SMILES string of the molecule is CCc1cccc2c1C=C(C1CC1)S2(Cl)C(F)(F)F. The molecule has 1 heterocycles. The van der Waals surface area contributed by atoms with E-state index < -0.39 is 14.7 Å².